The average Bonchev–Trinajstić information content (AvgIpc) is 2.36. The van der Waals surface area contributed by atoms with Crippen molar-refractivity contribution in [3.05, 3.63) is 42.5 Å². The first kappa shape index (κ1) is 16.2. The van der Waals surface area contributed by atoms with E-state index in [2.05, 4.69) is 6.58 Å². The van der Waals surface area contributed by atoms with Gasteiger partial charge in [0, 0.05) is 12.1 Å². The zero-order valence-corrected chi connectivity index (χ0v) is 12.5. The minimum Gasteiger partial charge on any atom is -0.508 e. The smallest absolute Gasteiger partial charge is 0.240 e. The zero-order chi connectivity index (χ0) is 15.3. The highest BCUT2D eigenvalue weighted by Gasteiger charge is 2.29. The number of benzene rings is 1. The molecular formula is C16H24N2O2. The minimum atomic E-state index is -0.598. The van der Waals surface area contributed by atoms with Crippen molar-refractivity contribution in [1.82, 2.24) is 4.90 Å². The fourth-order valence-corrected chi connectivity index (χ4v) is 2.00. The van der Waals surface area contributed by atoms with Crippen molar-refractivity contribution in [2.24, 2.45) is 5.73 Å². The van der Waals surface area contributed by atoms with Crippen LogP contribution in [0.2, 0.25) is 0 Å². The molecule has 0 bridgehead atoms. The molecule has 1 aromatic rings. The second kappa shape index (κ2) is 6.57. The van der Waals surface area contributed by atoms with E-state index in [-0.39, 0.29) is 17.2 Å². The summed E-state index contributed by atoms with van der Waals surface area (Å²) in [4.78, 5) is 14.2. The van der Waals surface area contributed by atoms with Gasteiger partial charge in [-0.25, -0.2) is 0 Å². The van der Waals surface area contributed by atoms with Gasteiger partial charge in [0.25, 0.3) is 0 Å². The van der Waals surface area contributed by atoms with E-state index in [1.54, 1.807) is 35.2 Å². The molecule has 110 valence electrons. The molecule has 1 aromatic carbocycles. The Labute approximate surface area is 120 Å². The summed E-state index contributed by atoms with van der Waals surface area (Å²) in [7, 11) is 0. The molecule has 0 aliphatic rings. The highest BCUT2D eigenvalue weighted by Crippen LogP contribution is 2.16. The number of nitrogens with zero attached hydrogens (tertiary/aromatic N) is 1. The number of rotatable bonds is 5. The van der Waals surface area contributed by atoms with Gasteiger partial charge in [0.15, 0.2) is 0 Å². The molecule has 4 heteroatoms. The number of hydrogen-bond acceptors (Lipinski definition) is 3. The summed E-state index contributed by atoms with van der Waals surface area (Å²) in [5, 5.41) is 9.25. The van der Waals surface area contributed by atoms with Gasteiger partial charge in [-0.15, -0.1) is 6.58 Å². The molecule has 20 heavy (non-hydrogen) atoms. The van der Waals surface area contributed by atoms with E-state index in [4.69, 9.17) is 5.73 Å². The van der Waals surface area contributed by atoms with Gasteiger partial charge < -0.3 is 15.7 Å². The molecule has 4 nitrogen and oxygen atoms in total. The van der Waals surface area contributed by atoms with Gasteiger partial charge >= 0.3 is 0 Å². The van der Waals surface area contributed by atoms with Crippen LogP contribution in [0, 0.1) is 0 Å². The Morgan fingerprint density at radius 1 is 1.40 bits per heavy atom. The largest absolute Gasteiger partial charge is 0.508 e. The lowest BCUT2D eigenvalue weighted by Gasteiger charge is -2.36. The summed E-state index contributed by atoms with van der Waals surface area (Å²) in [6.45, 7) is 10.1. The van der Waals surface area contributed by atoms with Crippen molar-refractivity contribution in [3.8, 4) is 5.75 Å². The summed E-state index contributed by atoms with van der Waals surface area (Å²) in [5.41, 5.74) is 6.66. The second-order valence-corrected chi connectivity index (χ2v) is 5.89. The van der Waals surface area contributed by atoms with E-state index in [0.29, 0.717) is 13.0 Å². The van der Waals surface area contributed by atoms with Gasteiger partial charge in [-0.05, 0) is 44.9 Å². The summed E-state index contributed by atoms with van der Waals surface area (Å²) >= 11 is 0. The predicted molar refractivity (Wildman–Crippen MR) is 81.4 cm³/mol. The van der Waals surface area contributed by atoms with Crippen molar-refractivity contribution in [2.45, 2.75) is 38.8 Å². The Hall–Kier alpha value is -1.81. The van der Waals surface area contributed by atoms with E-state index in [1.165, 1.54) is 0 Å². The van der Waals surface area contributed by atoms with Crippen molar-refractivity contribution in [2.75, 3.05) is 6.54 Å². The lowest BCUT2D eigenvalue weighted by atomic mass is 10.0. The van der Waals surface area contributed by atoms with Crippen LogP contribution in [0.25, 0.3) is 0 Å². The summed E-state index contributed by atoms with van der Waals surface area (Å²) in [5.74, 6) is 0.113. The van der Waals surface area contributed by atoms with Gasteiger partial charge in [-0.1, -0.05) is 18.2 Å². The summed E-state index contributed by atoms with van der Waals surface area (Å²) < 4.78 is 0. The van der Waals surface area contributed by atoms with Crippen LogP contribution in [0.15, 0.2) is 36.9 Å². The van der Waals surface area contributed by atoms with E-state index in [0.717, 1.165) is 5.56 Å². The second-order valence-electron chi connectivity index (χ2n) is 5.89. The minimum absolute atomic E-state index is 0.0922. The molecule has 0 saturated carbocycles. The molecule has 1 amide bonds. The van der Waals surface area contributed by atoms with Crippen LogP contribution >= 0.6 is 0 Å². The van der Waals surface area contributed by atoms with Crippen molar-refractivity contribution < 1.29 is 9.90 Å². The summed E-state index contributed by atoms with van der Waals surface area (Å²) in [6, 6.07) is 6.14. The zero-order valence-electron chi connectivity index (χ0n) is 12.5. The van der Waals surface area contributed by atoms with Crippen molar-refractivity contribution in [3.63, 3.8) is 0 Å². The molecule has 1 rings (SSSR count). The maximum absolute atomic E-state index is 12.5. The molecule has 0 aliphatic heterocycles. The Bertz CT molecular complexity index is 460. The highest BCUT2D eigenvalue weighted by atomic mass is 16.3. The fraction of sp³-hybridized carbons (Fsp3) is 0.438. The van der Waals surface area contributed by atoms with Gasteiger partial charge in [0.05, 0.1) is 6.04 Å². The number of carbonyl (C=O) groups excluding carboxylic acids is 1. The molecule has 0 aromatic heterocycles. The molecular weight excluding hydrogens is 252 g/mol. The quantitative estimate of drug-likeness (QED) is 0.809. The third-order valence-electron chi connectivity index (χ3n) is 3.10. The third-order valence-corrected chi connectivity index (χ3v) is 3.10. The molecule has 0 heterocycles. The van der Waals surface area contributed by atoms with Crippen molar-refractivity contribution >= 4 is 5.91 Å². The first-order valence-electron chi connectivity index (χ1n) is 6.71. The number of nitrogens with two attached hydrogens (primary N) is 1. The Morgan fingerprint density at radius 2 is 1.95 bits per heavy atom. The third kappa shape index (κ3) is 4.38. The van der Waals surface area contributed by atoms with Crippen LogP contribution in [0.1, 0.15) is 26.3 Å². The van der Waals surface area contributed by atoms with E-state index in [9.17, 15) is 9.90 Å². The molecule has 0 fully saturated rings. The van der Waals surface area contributed by atoms with Crippen LogP contribution in [-0.2, 0) is 11.2 Å². The molecule has 1 unspecified atom stereocenters. The van der Waals surface area contributed by atoms with Gasteiger partial charge in [0.1, 0.15) is 5.75 Å². The van der Waals surface area contributed by atoms with E-state index < -0.39 is 6.04 Å². The van der Waals surface area contributed by atoms with Crippen LogP contribution < -0.4 is 5.73 Å². The Kier molecular flexibility index (Phi) is 5.34. The van der Waals surface area contributed by atoms with Gasteiger partial charge in [0.2, 0.25) is 5.91 Å². The number of hydrogen-bond donors (Lipinski definition) is 2. The number of amides is 1. The normalized spacial score (nSPS) is 12.8. The van der Waals surface area contributed by atoms with Crippen LogP contribution in [0.4, 0.5) is 0 Å². The van der Waals surface area contributed by atoms with Crippen LogP contribution in [0.3, 0.4) is 0 Å². The molecule has 0 radical (unpaired) electrons. The maximum atomic E-state index is 12.5. The SMILES string of the molecule is C=CCN(C(=O)C(N)Cc1ccc(O)cc1)C(C)(C)C. The number of aromatic hydroxyl groups is 1. The number of carbonyl (C=O) groups is 1. The number of phenolic OH excluding ortho intramolecular Hbond substituents is 1. The first-order valence-corrected chi connectivity index (χ1v) is 6.71. The molecule has 0 aliphatic carbocycles. The lowest BCUT2D eigenvalue weighted by molar-refractivity contribution is -0.136. The molecule has 0 saturated heterocycles. The average molecular weight is 276 g/mol. The number of phenols is 1. The first-order chi connectivity index (χ1) is 9.25. The van der Waals surface area contributed by atoms with Crippen LogP contribution in [-0.4, -0.2) is 34.0 Å². The fourth-order valence-electron chi connectivity index (χ4n) is 2.00. The lowest BCUT2D eigenvalue weighted by Crippen LogP contribution is -2.52. The molecule has 1 atom stereocenters. The standard InChI is InChI=1S/C16H24N2O2/c1-5-10-18(16(2,3)4)15(20)14(17)11-12-6-8-13(19)9-7-12/h5-9,14,19H,1,10-11,17H2,2-4H3. The monoisotopic (exact) mass is 276 g/mol. The Balaban J connectivity index is 2.78. The topological polar surface area (TPSA) is 66.6 Å². The molecule has 3 N–H and O–H groups in total. The van der Waals surface area contributed by atoms with E-state index in [1.807, 2.05) is 20.8 Å². The predicted octanol–water partition coefficient (Wildman–Crippen LogP) is 2.08. The highest BCUT2D eigenvalue weighted by molar-refractivity contribution is 5.82. The summed E-state index contributed by atoms with van der Waals surface area (Å²) in [6.07, 6.45) is 2.15. The van der Waals surface area contributed by atoms with Crippen LogP contribution in [0.5, 0.6) is 5.75 Å². The maximum Gasteiger partial charge on any atom is 0.240 e. The molecule has 0 spiro atoms. The van der Waals surface area contributed by atoms with E-state index >= 15 is 0 Å². The Morgan fingerprint density at radius 3 is 2.40 bits per heavy atom. The van der Waals surface area contributed by atoms with Gasteiger partial charge in [-0.2, -0.15) is 0 Å². The van der Waals surface area contributed by atoms with Crippen molar-refractivity contribution in [1.29, 1.82) is 0 Å². The van der Waals surface area contributed by atoms with Gasteiger partial charge in [-0.3, -0.25) is 4.79 Å².